The van der Waals surface area contributed by atoms with E-state index < -0.39 is 36.6 Å². The molecule has 1 N–H and O–H groups in total. The van der Waals surface area contributed by atoms with E-state index in [2.05, 4.69) is 24.3 Å². The van der Waals surface area contributed by atoms with E-state index in [1.807, 2.05) is 54.6 Å². The lowest BCUT2D eigenvalue weighted by Crippen LogP contribution is -2.55. The monoisotopic (exact) mass is 471 g/mol. The molecule has 35 heavy (non-hydrogen) atoms. The Morgan fingerprint density at radius 1 is 0.886 bits per heavy atom. The van der Waals surface area contributed by atoms with Gasteiger partial charge in [-0.3, -0.25) is 4.90 Å². The van der Waals surface area contributed by atoms with Crippen LogP contribution in [0.1, 0.15) is 22.6 Å². The number of carbonyl (C=O) groups excluding carboxylic acids is 1. The van der Waals surface area contributed by atoms with Crippen LogP contribution in [0.25, 0.3) is 11.1 Å². The molecule has 4 atom stereocenters. The van der Waals surface area contributed by atoms with Crippen molar-refractivity contribution in [1.82, 2.24) is 4.90 Å². The maximum absolute atomic E-state index is 13.4. The van der Waals surface area contributed by atoms with Crippen LogP contribution in [-0.4, -0.2) is 59.8 Å². The second-order valence-electron chi connectivity index (χ2n) is 9.15. The molecule has 0 spiro atoms. The normalized spacial score (nSPS) is 24.6. The summed E-state index contributed by atoms with van der Waals surface area (Å²) < 4.78 is 17.5. The molecule has 0 unspecified atom stereocenters. The van der Waals surface area contributed by atoms with Gasteiger partial charge in [0, 0.05) is 5.92 Å². The van der Waals surface area contributed by atoms with Gasteiger partial charge in [-0.05, 0) is 34.2 Å². The molecule has 7 heteroatoms. The van der Waals surface area contributed by atoms with Gasteiger partial charge in [-0.15, -0.1) is 0 Å². The number of hydrogen-bond donors (Lipinski definition) is 1. The van der Waals surface area contributed by atoms with Crippen molar-refractivity contribution in [3.05, 3.63) is 95.6 Å². The third kappa shape index (κ3) is 3.87. The first-order valence-electron chi connectivity index (χ1n) is 11.8. The lowest BCUT2D eigenvalue weighted by atomic mass is 9.98. The number of carboxylic acid groups (broad SMARTS) is 1. The molecule has 178 valence electrons. The Morgan fingerprint density at radius 2 is 1.51 bits per heavy atom. The fourth-order valence-corrected chi connectivity index (χ4v) is 5.47. The highest BCUT2D eigenvalue weighted by atomic mass is 16.7. The Balaban J connectivity index is 1.24. The first kappa shape index (κ1) is 21.8. The van der Waals surface area contributed by atoms with E-state index >= 15 is 0 Å². The molecule has 0 saturated carbocycles. The van der Waals surface area contributed by atoms with Crippen molar-refractivity contribution in [1.29, 1.82) is 0 Å². The Kier molecular flexibility index (Phi) is 5.51. The maximum Gasteiger partial charge on any atom is 0.410 e. The summed E-state index contributed by atoms with van der Waals surface area (Å²) >= 11 is 0. The molecular formula is C28H25NO6. The van der Waals surface area contributed by atoms with Crippen LogP contribution < -0.4 is 0 Å². The average Bonchev–Trinajstić information content (AvgIpc) is 3.40. The summed E-state index contributed by atoms with van der Waals surface area (Å²) in [6.45, 7) is 0.294. The number of benzene rings is 3. The van der Waals surface area contributed by atoms with E-state index in [1.54, 1.807) is 4.90 Å². The number of fused-ring (bicyclic) bond motifs is 5. The Bertz CT molecular complexity index is 1220. The fraction of sp³-hybridized carbons (Fsp3) is 0.286. The van der Waals surface area contributed by atoms with Crippen molar-refractivity contribution in [2.75, 3.05) is 13.2 Å². The van der Waals surface area contributed by atoms with Crippen LogP contribution in [0.4, 0.5) is 4.79 Å². The van der Waals surface area contributed by atoms with Gasteiger partial charge in [0.25, 0.3) is 0 Å². The molecule has 2 fully saturated rings. The standard InChI is InChI=1S/C28H25NO6/c30-26(31)25-24-15-29(23(27(34-24)35-25)14-17-8-2-1-3-9-17)28(32)33-16-22-20-12-6-4-10-18(20)19-11-5-7-13-21(19)22/h1-13,22-25,27H,14-16H2,(H,30,31)/t23-,24-,25+,27-/m0/s1. The van der Waals surface area contributed by atoms with Crippen LogP contribution >= 0.6 is 0 Å². The molecule has 3 aliphatic rings. The topological polar surface area (TPSA) is 85.3 Å². The van der Waals surface area contributed by atoms with E-state index in [0.717, 1.165) is 27.8 Å². The van der Waals surface area contributed by atoms with Crippen LogP contribution in [0, 0.1) is 0 Å². The zero-order valence-corrected chi connectivity index (χ0v) is 18.9. The molecule has 2 aliphatic heterocycles. The van der Waals surface area contributed by atoms with Crippen LogP contribution in [0.2, 0.25) is 0 Å². The SMILES string of the molecule is O=C(O)[C@@H]1O[C@@H]2O[C@H]1CN(C(=O)OCC1c3ccccc3-c3ccccc31)[C@H]2Cc1ccccc1. The number of rotatable bonds is 5. The fourth-order valence-electron chi connectivity index (χ4n) is 5.47. The van der Waals surface area contributed by atoms with Gasteiger partial charge in [0.15, 0.2) is 12.4 Å². The van der Waals surface area contributed by atoms with Crippen LogP contribution in [0.15, 0.2) is 78.9 Å². The summed E-state index contributed by atoms with van der Waals surface area (Å²) in [5.74, 6) is -1.15. The van der Waals surface area contributed by atoms with Crippen molar-refractivity contribution >= 4 is 12.1 Å². The first-order chi connectivity index (χ1) is 17.1. The number of ether oxygens (including phenoxy) is 3. The molecule has 0 aromatic heterocycles. The van der Waals surface area contributed by atoms with Gasteiger partial charge in [0.2, 0.25) is 0 Å². The summed E-state index contributed by atoms with van der Waals surface area (Å²) in [6.07, 6.45) is -2.68. The molecule has 6 rings (SSSR count). The summed E-state index contributed by atoms with van der Waals surface area (Å²) in [5.41, 5.74) is 5.59. The minimum Gasteiger partial charge on any atom is -0.479 e. The van der Waals surface area contributed by atoms with Gasteiger partial charge >= 0.3 is 12.1 Å². The third-order valence-electron chi connectivity index (χ3n) is 7.12. The number of aliphatic carboxylic acids is 1. The summed E-state index contributed by atoms with van der Waals surface area (Å²) in [7, 11) is 0. The van der Waals surface area contributed by atoms with Crippen molar-refractivity contribution in [2.45, 2.75) is 36.9 Å². The van der Waals surface area contributed by atoms with E-state index in [1.165, 1.54) is 0 Å². The third-order valence-corrected chi connectivity index (χ3v) is 7.12. The van der Waals surface area contributed by atoms with Gasteiger partial charge in [-0.1, -0.05) is 78.9 Å². The Morgan fingerprint density at radius 3 is 2.17 bits per heavy atom. The maximum atomic E-state index is 13.4. The number of hydrogen-bond acceptors (Lipinski definition) is 5. The number of nitrogens with zero attached hydrogens (tertiary/aromatic N) is 1. The van der Waals surface area contributed by atoms with E-state index in [4.69, 9.17) is 14.2 Å². The molecule has 2 bridgehead atoms. The molecule has 7 nitrogen and oxygen atoms in total. The zero-order chi connectivity index (χ0) is 23.9. The van der Waals surface area contributed by atoms with E-state index in [-0.39, 0.29) is 19.1 Å². The highest BCUT2D eigenvalue weighted by molar-refractivity contribution is 5.79. The highest BCUT2D eigenvalue weighted by Crippen LogP contribution is 2.44. The Hall–Kier alpha value is -3.68. The van der Waals surface area contributed by atoms with Gasteiger partial charge in [-0.2, -0.15) is 0 Å². The molecule has 1 amide bonds. The predicted molar refractivity (Wildman–Crippen MR) is 127 cm³/mol. The van der Waals surface area contributed by atoms with Crippen molar-refractivity contribution in [2.24, 2.45) is 0 Å². The lowest BCUT2D eigenvalue weighted by Gasteiger charge is -2.38. The number of carbonyl (C=O) groups is 2. The van der Waals surface area contributed by atoms with E-state index in [0.29, 0.717) is 6.42 Å². The lowest BCUT2D eigenvalue weighted by molar-refractivity contribution is -0.155. The van der Waals surface area contributed by atoms with Crippen LogP contribution in [-0.2, 0) is 25.4 Å². The molecular weight excluding hydrogens is 446 g/mol. The summed E-state index contributed by atoms with van der Waals surface area (Å²) in [6, 6.07) is 25.6. The quantitative estimate of drug-likeness (QED) is 0.604. The van der Waals surface area contributed by atoms with Gasteiger partial charge < -0.3 is 19.3 Å². The molecule has 3 aromatic carbocycles. The number of amides is 1. The second kappa shape index (κ2) is 8.83. The average molecular weight is 472 g/mol. The minimum atomic E-state index is -1.11. The zero-order valence-electron chi connectivity index (χ0n) is 18.9. The largest absolute Gasteiger partial charge is 0.479 e. The molecule has 2 saturated heterocycles. The van der Waals surface area contributed by atoms with Crippen LogP contribution in [0.5, 0.6) is 0 Å². The molecule has 3 aromatic rings. The highest BCUT2D eigenvalue weighted by Gasteiger charge is 2.52. The van der Waals surface area contributed by atoms with E-state index in [9.17, 15) is 14.7 Å². The van der Waals surface area contributed by atoms with Gasteiger partial charge in [-0.25, -0.2) is 9.59 Å². The molecule has 2 heterocycles. The number of morpholine rings is 1. The number of carboxylic acids is 1. The van der Waals surface area contributed by atoms with Gasteiger partial charge in [0.05, 0.1) is 12.6 Å². The van der Waals surface area contributed by atoms with Crippen molar-refractivity contribution < 1.29 is 28.9 Å². The van der Waals surface area contributed by atoms with Crippen molar-refractivity contribution in [3.8, 4) is 11.1 Å². The van der Waals surface area contributed by atoms with Crippen molar-refractivity contribution in [3.63, 3.8) is 0 Å². The minimum absolute atomic E-state index is 0.0558. The second-order valence-corrected chi connectivity index (χ2v) is 9.15. The van der Waals surface area contributed by atoms with Gasteiger partial charge in [0.1, 0.15) is 12.7 Å². The summed E-state index contributed by atoms with van der Waals surface area (Å²) in [5, 5.41) is 9.55. The first-order valence-corrected chi connectivity index (χ1v) is 11.8. The molecule has 1 aliphatic carbocycles. The molecule has 0 radical (unpaired) electrons. The predicted octanol–water partition coefficient (Wildman–Crippen LogP) is 4.06. The van der Waals surface area contributed by atoms with Crippen LogP contribution in [0.3, 0.4) is 0 Å². The smallest absolute Gasteiger partial charge is 0.410 e. The Labute approximate surface area is 202 Å². The summed E-state index contributed by atoms with van der Waals surface area (Å²) in [4.78, 5) is 26.7.